The summed E-state index contributed by atoms with van der Waals surface area (Å²) in [7, 11) is 1.81. The van der Waals surface area contributed by atoms with Crippen LogP contribution >= 0.6 is 0 Å². The molecule has 1 fully saturated rings. The summed E-state index contributed by atoms with van der Waals surface area (Å²) in [5.41, 5.74) is 2.54. The van der Waals surface area contributed by atoms with E-state index in [0.717, 1.165) is 24.3 Å². The molecule has 2 aromatic rings. The number of hydrogen-bond acceptors (Lipinski definition) is 4. The molecule has 1 aliphatic rings. The molecule has 110 valence electrons. The van der Waals surface area contributed by atoms with Crippen molar-refractivity contribution in [3.05, 3.63) is 47.5 Å². The van der Waals surface area contributed by atoms with Crippen LogP contribution < -0.4 is 5.32 Å². The van der Waals surface area contributed by atoms with Crippen molar-refractivity contribution in [3.8, 4) is 0 Å². The number of carbonyl (C=O) groups excluding carboxylic acids is 1. The Hall–Kier alpha value is -2.21. The van der Waals surface area contributed by atoms with Crippen molar-refractivity contribution >= 4 is 5.91 Å². The van der Waals surface area contributed by atoms with Crippen molar-refractivity contribution in [1.29, 1.82) is 0 Å². The number of aryl methyl sites for hydroxylation is 2. The molecule has 2 aromatic heterocycles. The van der Waals surface area contributed by atoms with Crippen molar-refractivity contribution in [2.45, 2.75) is 13.0 Å². The lowest BCUT2D eigenvalue weighted by Crippen LogP contribution is -2.49. The molecule has 0 radical (unpaired) electrons. The molecule has 6 nitrogen and oxygen atoms in total. The number of nitrogens with one attached hydrogen (secondary N) is 1. The van der Waals surface area contributed by atoms with Crippen molar-refractivity contribution < 1.29 is 4.79 Å². The van der Waals surface area contributed by atoms with Crippen LogP contribution in [0.1, 0.15) is 27.8 Å². The topological polar surface area (TPSA) is 63.1 Å². The van der Waals surface area contributed by atoms with E-state index in [-0.39, 0.29) is 11.9 Å². The van der Waals surface area contributed by atoms with Gasteiger partial charge in [-0.3, -0.25) is 14.5 Å². The first kappa shape index (κ1) is 13.8. The molecule has 6 heteroatoms. The molecule has 21 heavy (non-hydrogen) atoms. The van der Waals surface area contributed by atoms with Crippen molar-refractivity contribution in [3.63, 3.8) is 0 Å². The second kappa shape index (κ2) is 5.65. The highest BCUT2D eigenvalue weighted by Crippen LogP contribution is 2.23. The highest BCUT2D eigenvalue weighted by Gasteiger charge is 2.30. The Bertz CT molecular complexity index is 637. The van der Waals surface area contributed by atoms with Gasteiger partial charge in [-0.25, -0.2) is 0 Å². The van der Waals surface area contributed by atoms with Crippen LogP contribution in [0, 0.1) is 6.92 Å². The van der Waals surface area contributed by atoms with E-state index in [0.29, 0.717) is 12.2 Å². The van der Waals surface area contributed by atoms with E-state index in [1.54, 1.807) is 10.9 Å². The Kier molecular flexibility index (Phi) is 3.70. The van der Waals surface area contributed by atoms with Gasteiger partial charge < -0.3 is 10.2 Å². The van der Waals surface area contributed by atoms with Gasteiger partial charge in [-0.2, -0.15) is 5.10 Å². The summed E-state index contributed by atoms with van der Waals surface area (Å²) < 4.78 is 1.65. The maximum Gasteiger partial charge on any atom is 0.272 e. The zero-order valence-electron chi connectivity index (χ0n) is 12.3. The Balaban J connectivity index is 1.91. The molecular formula is C15H19N5O. The zero-order chi connectivity index (χ0) is 14.8. The molecule has 0 aliphatic carbocycles. The molecule has 3 rings (SSSR count). The predicted molar refractivity (Wildman–Crippen MR) is 78.8 cm³/mol. The third kappa shape index (κ3) is 2.67. The molecule has 1 atom stereocenters. The number of carbonyl (C=O) groups is 1. The minimum Gasteiger partial charge on any atom is -0.328 e. The summed E-state index contributed by atoms with van der Waals surface area (Å²) >= 11 is 0. The Morgan fingerprint density at radius 3 is 3.00 bits per heavy atom. The van der Waals surface area contributed by atoms with Gasteiger partial charge in [0.1, 0.15) is 5.69 Å². The molecule has 1 aliphatic heterocycles. The second-order valence-corrected chi connectivity index (χ2v) is 5.30. The maximum absolute atomic E-state index is 12.8. The molecule has 0 aromatic carbocycles. The van der Waals surface area contributed by atoms with E-state index in [9.17, 15) is 4.79 Å². The first-order chi connectivity index (χ1) is 10.2. The van der Waals surface area contributed by atoms with Gasteiger partial charge in [-0.05, 0) is 24.6 Å². The third-order valence-corrected chi connectivity index (χ3v) is 3.79. The average Bonchev–Trinajstić information content (AvgIpc) is 2.86. The number of aromatic nitrogens is 3. The van der Waals surface area contributed by atoms with E-state index in [1.807, 2.05) is 43.3 Å². The van der Waals surface area contributed by atoms with Gasteiger partial charge in [0, 0.05) is 39.1 Å². The highest BCUT2D eigenvalue weighted by atomic mass is 16.2. The minimum absolute atomic E-state index is 0.00940. The van der Waals surface area contributed by atoms with E-state index in [2.05, 4.69) is 15.4 Å². The van der Waals surface area contributed by atoms with Crippen LogP contribution in [0.25, 0.3) is 0 Å². The van der Waals surface area contributed by atoms with Crippen LogP contribution in [0.4, 0.5) is 0 Å². The lowest BCUT2D eigenvalue weighted by molar-refractivity contribution is 0.0622. The fourth-order valence-electron chi connectivity index (χ4n) is 2.78. The number of amides is 1. The molecule has 1 unspecified atom stereocenters. The Morgan fingerprint density at radius 1 is 1.48 bits per heavy atom. The summed E-state index contributed by atoms with van der Waals surface area (Å²) in [6, 6.07) is 5.76. The van der Waals surface area contributed by atoms with Crippen LogP contribution in [-0.2, 0) is 7.05 Å². The van der Waals surface area contributed by atoms with Gasteiger partial charge in [0.15, 0.2) is 0 Å². The van der Waals surface area contributed by atoms with Crippen LogP contribution in [0.3, 0.4) is 0 Å². The number of rotatable bonds is 2. The van der Waals surface area contributed by atoms with Crippen molar-refractivity contribution in [2.75, 3.05) is 19.6 Å². The first-order valence-electron chi connectivity index (χ1n) is 7.09. The van der Waals surface area contributed by atoms with E-state index in [1.165, 1.54) is 0 Å². The van der Waals surface area contributed by atoms with Gasteiger partial charge >= 0.3 is 0 Å². The van der Waals surface area contributed by atoms with Gasteiger partial charge in [-0.15, -0.1) is 0 Å². The first-order valence-corrected chi connectivity index (χ1v) is 7.09. The smallest absolute Gasteiger partial charge is 0.272 e. The normalized spacial score (nSPS) is 18.8. The predicted octanol–water partition coefficient (Wildman–Crippen LogP) is 0.910. The molecule has 1 amide bonds. The molecule has 0 bridgehead atoms. The summed E-state index contributed by atoms with van der Waals surface area (Å²) in [6.07, 6.45) is 3.57. The van der Waals surface area contributed by atoms with Crippen LogP contribution in [0.15, 0.2) is 30.6 Å². The number of pyridine rings is 1. The maximum atomic E-state index is 12.8. The lowest BCUT2D eigenvalue weighted by Gasteiger charge is -2.36. The van der Waals surface area contributed by atoms with Crippen molar-refractivity contribution in [1.82, 2.24) is 25.0 Å². The number of hydrogen-bond donors (Lipinski definition) is 1. The van der Waals surface area contributed by atoms with Gasteiger partial charge in [-0.1, -0.05) is 6.07 Å². The van der Waals surface area contributed by atoms with Gasteiger partial charge in [0.2, 0.25) is 0 Å². The van der Waals surface area contributed by atoms with Gasteiger partial charge in [0.25, 0.3) is 5.91 Å². The number of piperazine rings is 1. The van der Waals surface area contributed by atoms with Crippen LogP contribution in [0.2, 0.25) is 0 Å². The summed E-state index contributed by atoms with van der Waals surface area (Å²) in [6.45, 7) is 4.13. The second-order valence-electron chi connectivity index (χ2n) is 5.30. The number of nitrogens with zero attached hydrogens (tertiary/aromatic N) is 4. The van der Waals surface area contributed by atoms with Crippen LogP contribution in [0.5, 0.6) is 0 Å². The minimum atomic E-state index is 0.00940. The lowest BCUT2D eigenvalue weighted by atomic mass is 10.0. The van der Waals surface area contributed by atoms with E-state index < -0.39 is 0 Å². The fourth-order valence-corrected chi connectivity index (χ4v) is 2.78. The van der Waals surface area contributed by atoms with Gasteiger partial charge in [0.05, 0.1) is 11.7 Å². The van der Waals surface area contributed by atoms with Crippen LogP contribution in [-0.4, -0.2) is 45.2 Å². The monoisotopic (exact) mass is 285 g/mol. The highest BCUT2D eigenvalue weighted by molar-refractivity contribution is 5.93. The molecule has 3 heterocycles. The Morgan fingerprint density at radius 2 is 2.33 bits per heavy atom. The largest absolute Gasteiger partial charge is 0.328 e. The fraction of sp³-hybridized carbons (Fsp3) is 0.400. The van der Waals surface area contributed by atoms with E-state index in [4.69, 9.17) is 0 Å². The zero-order valence-corrected chi connectivity index (χ0v) is 12.3. The molecule has 1 saturated heterocycles. The SMILES string of the molecule is Cc1cc(C(=O)N2CCNCC2c2cccnc2)n(C)n1. The van der Waals surface area contributed by atoms with Crippen molar-refractivity contribution in [2.24, 2.45) is 7.05 Å². The Labute approximate surface area is 123 Å². The quantitative estimate of drug-likeness (QED) is 0.891. The molecule has 1 N–H and O–H groups in total. The standard InChI is InChI=1S/C15H19N5O/c1-11-8-13(19(2)18-11)15(21)20-7-6-17-10-14(20)12-4-3-5-16-9-12/h3-5,8-9,14,17H,6-7,10H2,1-2H3. The molecular weight excluding hydrogens is 266 g/mol. The average molecular weight is 285 g/mol. The molecule has 0 spiro atoms. The summed E-state index contributed by atoms with van der Waals surface area (Å²) in [5.74, 6) is 0.0217. The summed E-state index contributed by atoms with van der Waals surface area (Å²) in [4.78, 5) is 18.9. The van der Waals surface area contributed by atoms with E-state index >= 15 is 0 Å². The third-order valence-electron chi connectivity index (χ3n) is 3.79. The molecule has 0 saturated carbocycles. The summed E-state index contributed by atoms with van der Waals surface area (Å²) in [5, 5.41) is 7.61.